The molecular formula is C43H66O15. The van der Waals surface area contributed by atoms with E-state index in [1.54, 1.807) is 19.9 Å². The van der Waals surface area contributed by atoms with Crippen LogP contribution >= 0.6 is 0 Å². The van der Waals surface area contributed by atoms with Crippen molar-refractivity contribution in [2.75, 3.05) is 6.61 Å². The summed E-state index contributed by atoms with van der Waals surface area (Å²) in [4.78, 5) is 23.5. The van der Waals surface area contributed by atoms with Crippen LogP contribution in [-0.2, 0) is 47.5 Å². The first-order valence-corrected chi connectivity index (χ1v) is 21.8. The van der Waals surface area contributed by atoms with Crippen LogP contribution < -0.4 is 0 Å². The van der Waals surface area contributed by atoms with Crippen LogP contribution in [0.15, 0.2) is 11.6 Å². The molecule has 4 aliphatic heterocycles. The van der Waals surface area contributed by atoms with Crippen molar-refractivity contribution in [2.24, 2.45) is 34.5 Å². The summed E-state index contributed by atoms with van der Waals surface area (Å²) in [5.41, 5.74) is -0.918. The fourth-order valence-electron chi connectivity index (χ4n) is 13.1. The van der Waals surface area contributed by atoms with Gasteiger partial charge in [-0.15, -0.1) is 0 Å². The number of ether oxygens (including phenoxy) is 8. The van der Waals surface area contributed by atoms with Gasteiger partial charge in [-0.3, -0.25) is 4.79 Å². The molecule has 0 unspecified atom stereocenters. The highest BCUT2D eigenvalue weighted by atomic mass is 16.7. The maximum absolute atomic E-state index is 12.6. The largest absolute Gasteiger partial charge is 0.459 e. The molecule has 0 bridgehead atoms. The zero-order valence-corrected chi connectivity index (χ0v) is 34.8. The van der Waals surface area contributed by atoms with Gasteiger partial charge in [0, 0.05) is 37.7 Å². The van der Waals surface area contributed by atoms with E-state index in [0.717, 1.165) is 44.1 Å². The SMILES string of the molecule is CC(=O)O[C@H]1C[C@@H](O[C@H]2[C@H](C)O[C@@H](O[C@H]3[C@H](O)C[C@H](O[C@H]4CC[C@@]5(C)[C@H](CC[C@@H]6[C@H]5C[C@@H](O)[C@]5(C)[C@@H](C7=CC(=O)OC7)CC[C@]65O)C4)O[C@H]3C)C[C@@H]2O)O[C@H](C)[C@H]1O. The molecule has 5 N–H and O–H groups in total. The predicted molar refractivity (Wildman–Crippen MR) is 202 cm³/mol. The lowest BCUT2D eigenvalue weighted by Crippen LogP contribution is -2.67. The monoisotopic (exact) mass is 822 g/mol. The molecule has 0 aromatic heterocycles. The summed E-state index contributed by atoms with van der Waals surface area (Å²) in [6.07, 6.45) is -1.66. The zero-order valence-electron chi connectivity index (χ0n) is 34.8. The molecule has 15 heteroatoms. The molecule has 4 heterocycles. The number of hydrogen-bond donors (Lipinski definition) is 5. The first-order chi connectivity index (χ1) is 27.4. The Morgan fingerprint density at radius 1 is 0.759 bits per heavy atom. The molecule has 58 heavy (non-hydrogen) atoms. The molecule has 328 valence electrons. The van der Waals surface area contributed by atoms with E-state index in [1.807, 2.05) is 13.8 Å². The van der Waals surface area contributed by atoms with E-state index < -0.39 is 96.9 Å². The molecule has 4 saturated carbocycles. The molecular weight excluding hydrogens is 756 g/mol. The second kappa shape index (κ2) is 16.2. The van der Waals surface area contributed by atoms with Crippen LogP contribution in [0.4, 0.5) is 0 Å². The summed E-state index contributed by atoms with van der Waals surface area (Å²) < 4.78 is 47.7. The van der Waals surface area contributed by atoms with E-state index in [0.29, 0.717) is 18.8 Å². The number of carbonyl (C=O) groups is 2. The minimum absolute atomic E-state index is 0.0561. The Balaban J connectivity index is 0.829. The lowest BCUT2D eigenvalue weighted by Gasteiger charge is -2.65. The Morgan fingerprint density at radius 2 is 1.38 bits per heavy atom. The van der Waals surface area contributed by atoms with Gasteiger partial charge in [0.25, 0.3) is 0 Å². The summed E-state index contributed by atoms with van der Waals surface area (Å²) in [7, 11) is 0. The second-order valence-corrected chi connectivity index (χ2v) is 19.4. The van der Waals surface area contributed by atoms with Gasteiger partial charge in [-0.25, -0.2) is 4.79 Å². The highest BCUT2D eigenvalue weighted by Crippen LogP contribution is 2.70. The third-order valence-corrected chi connectivity index (χ3v) is 16.2. The average Bonchev–Trinajstić information content (AvgIpc) is 3.70. The van der Waals surface area contributed by atoms with Crippen molar-refractivity contribution in [1.82, 2.24) is 0 Å². The Kier molecular flexibility index (Phi) is 12.0. The fourth-order valence-corrected chi connectivity index (χ4v) is 13.1. The number of esters is 2. The van der Waals surface area contributed by atoms with Crippen molar-refractivity contribution < 1.29 is 73.0 Å². The lowest BCUT2D eigenvalue weighted by molar-refractivity contribution is -0.336. The van der Waals surface area contributed by atoms with Crippen LogP contribution in [-0.4, -0.2) is 136 Å². The van der Waals surface area contributed by atoms with Crippen LogP contribution in [0.1, 0.15) is 112 Å². The van der Waals surface area contributed by atoms with Gasteiger partial charge in [-0.2, -0.15) is 0 Å². The summed E-state index contributed by atoms with van der Waals surface area (Å²) in [5.74, 6) is -0.345. The van der Waals surface area contributed by atoms with E-state index >= 15 is 0 Å². The van der Waals surface area contributed by atoms with Gasteiger partial charge >= 0.3 is 11.9 Å². The Morgan fingerprint density at radius 3 is 1.98 bits per heavy atom. The van der Waals surface area contributed by atoms with E-state index in [2.05, 4.69) is 6.92 Å². The van der Waals surface area contributed by atoms with Crippen molar-refractivity contribution in [3.8, 4) is 0 Å². The van der Waals surface area contributed by atoms with Crippen LogP contribution in [0.2, 0.25) is 0 Å². The quantitative estimate of drug-likeness (QED) is 0.176. The Bertz CT molecular complexity index is 1530. The van der Waals surface area contributed by atoms with Crippen LogP contribution in [0.3, 0.4) is 0 Å². The minimum atomic E-state index is -1.02. The molecule has 21 atom stereocenters. The molecule has 7 fully saturated rings. The highest BCUT2D eigenvalue weighted by molar-refractivity contribution is 5.85. The molecule has 15 nitrogen and oxygen atoms in total. The van der Waals surface area contributed by atoms with Crippen molar-refractivity contribution >= 4 is 11.9 Å². The zero-order chi connectivity index (χ0) is 41.5. The molecule has 8 rings (SSSR count). The second-order valence-electron chi connectivity index (χ2n) is 19.4. The molecule has 8 aliphatic rings. The maximum atomic E-state index is 12.6. The molecule has 0 spiro atoms. The Labute approximate surface area is 341 Å². The normalized spacial score (nSPS) is 53.2. The molecule has 0 aromatic rings. The van der Waals surface area contributed by atoms with Crippen LogP contribution in [0, 0.1) is 34.5 Å². The number of carbonyl (C=O) groups excluding carboxylic acids is 2. The molecule has 3 saturated heterocycles. The molecule has 0 aromatic carbocycles. The summed E-state index contributed by atoms with van der Waals surface area (Å²) in [6, 6.07) is 0. The summed E-state index contributed by atoms with van der Waals surface area (Å²) in [6.45, 7) is 11.2. The minimum Gasteiger partial charge on any atom is -0.459 e. The maximum Gasteiger partial charge on any atom is 0.331 e. The van der Waals surface area contributed by atoms with Crippen LogP contribution in [0.5, 0.6) is 0 Å². The van der Waals surface area contributed by atoms with Crippen molar-refractivity contribution in [3.05, 3.63) is 11.6 Å². The third kappa shape index (κ3) is 7.49. The number of rotatable bonds is 8. The van der Waals surface area contributed by atoms with E-state index in [4.69, 9.17) is 37.9 Å². The van der Waals surface area contributed by atoms with E-state index in [-0.39, 0.29) is 61.1 Å². The first kappa shape index (κ1) is 42.9. The van der Waals surface area contributed by atoms with E-state index in [9.17, 15) is 35.1 Å². The number of cyclic esters (lactones) is 1. The smallest absolute Gasteiger partial charge is 0.331 e. The molecule has 0 amide bonds. The van der Waals surface area contributed by atoms with E-state index in [1.165, 1.54) is 6.92 Å². The standard InChI is InChI=1S/C43H66O15/c1-20-38(49)32(55-23(4)44)18-37(52-20)58-40-22(3)54-36(17-31(40)46)57-39-21(2)53-35(16-30(39)45)56-26-9-11-41(5)25(14-26)7-8-28-29(41)15-33(47)42(6)27(10-12-43(28,42)50)24-13-34(48)51-19-24/h13,20-22,25-33,35-40,45-47,49-50H,7-12,14-19H2,1-6H3/t20-,21+,22+,25-,26+,27-,28-,29-,30-,31+,32+,33-,35+,36+,37-,38-,39-,40+,41+,42+,43+/m1/s1. The highest BCUT2D eigenvalue weighted by Gasteiger charge is 2.71. The van der Waals surface area contributed by atoms with Crippen molar-refractivity contribution in [3.63, 3.8) is 0 Å². The van der Waals surface area contributed by atoms with Gasteiger partial charge in [0.05, 0.1) is 48.3 Å². The van der Waals surface area contributed by atoms with Crippen molar-refractivity contribution in [2.45, 2.75) is 204 Å². The van der Waals surface area contributed by atoms with Gasteiger partial charge in [-0.1, -0.05) is 13.8 Å². The van der Waals surface area contributed by atoms with Gasteiger partial charge in [-0.05, 0) is 107 Å². The number of fused-ring (bicyclic) bond motifs is 5. The molecule has 0 radical (unpaired) electrons. The number of hydrogen-bond acceptors (Lipinski definition) is 15. The molecule has 4 aliphatic carbocycles. The topological polar surface area (TPSA) is 209 Å². The van der Waals surface area contributed by atoms with Crippen molar-refractivity contribution in [1.29, 1.82) is 0 Å². The number of aliphatic hydroxyl groups excluding tert-OH is 4. The first-order valence-electron chi connectivity index (χ1n) is 21.8. The number of aliphatic hydroxyl groups is 5. The Hall–Kier alpha value is -1.76. The van der Waals surface area contributed by atoms with Gasteiger partial charge in [0.1, 0.15) is 31.0 Å². The van der Waals surface area contributed by atoms with Gasteiger partial charge in [0.15, 0.2) is 18.9 Å². The van der Waals surface area contributed by atoms with Gasteiger partial charge < -0.3 is 63.4 Å². The fraction of sp³-hybridized carbons (Fsp3) is 0.907. The average molecular weight is 823 g/mol. The summed E-state index contributed by atoms with van der Waals surface area (Å²) in [5, 5.41) is 57.3. The summed E-state index contributed by atoms with van der Waals surface area (Å²) >= 11 is 0. The van der Waals surface area contributed by atoms with Gasteiger partial charge in [0.2, 0.25) is 0 Å². The predicted octanol–water partition coefficient (Wildman–Crippen LogP) is 2.79. The van der Waals surface area contributed by atoms with Crippen LogP contribution in [0.25, 0.3) is 0 Å². The third-order valence-electron chi connectivity index (χ3n) is 16.2. The lowest BCUT2D eigenvalue weighted by atomic mass is 9.42.